The number of nitrogens with zero attached hydrogens (tertiary/aromatic N) is 3. The van der Waals surface area contributed by atoms with Gasteiger partial charge in [0.2, 0.25) is 0 Å². The highest BCUT2D eigenvalue weighted by molar-refractivity contribution is 6.30. The fourth-order valence-corrected chi connectivity index (χ4v) is 3.04. The van der Waals surface area contributed by atoms with E-state index in [0.29, 0.717) is 16.4 Å². The van der Waals surface area contributed by atoms with Gasteiger partial charge in [0.05, 0.1) is 24.2 Å². The monoisotopic (exact) mass is 395 g/mol. The Hall–Kier alpha value is -3.25. The van der Waals surface area contributed by atoms with E-state index in [4.69, 9.17) is 16.3 Å². The molecule has 0 spiro atoms. The van der Waals surface area contributed by atoms with Crippen molar-refractivity contribution in [3.05, 3.63) is 77.2 Å². The first-order valence-corrected chi connectivity index (χ1v) is 9.02. The average Bonchev–Trinajstić information content (AvgIpc) is 3.13. The number of ether oxygens (including phenoxy) is 1. The van der Waals surface area contributed by atoms with Gasteiger partial charge in [-0.2, -0.15) is 5.10 Å². The first kappa shape index (κ1) is 18.1. The molecule has 0 aliphatic heterocycles. The number of hydrogen-bond donors (Lipinski definition) is 0. The third-order valence-corrected chi connectivity index (χ3v) is 4.50. The van der Waals surface area contributed by atoms with E-state index in [2.05, 4.69) is 10.1 Å². The van der Waals surface area contributed by atoms with Gasteiger partial charge >= 0.3 is 5.97 Å². The number of esters is 1. The molecule has 5 nitrogen and oxygen atoms in total. The first-order valence-electron chi connectivity index (χ1n) is 8.64. The number of rotatable bonds is 4. The second-order valence-corrected chi connectivity index (χ2v) is 6.49. The van der Waals surface area contributed by atoms with Crippen LogP contribution in [0.3, 0.4) is 0 Å². The zero-order chi connectivity index (χ0) is 19.7. The minimum absolute atomic E-state index is 0.248. The molecule has 0 amide bonds. The van der Waals surface area contributed by atoms with E-state index in [1.54, 1.807) is 35.7 Å². The predicted molar refractivity (Wildman–Crippen MR) is 105 cm³/mol. The number of aromatic nitrogens is 3. The SMILES string of the molecule is CCOC(=O)c1cnn2c(-c3ccc(Cl)cc3)cc(-c3ccc(F)cc3)nc12. The smallest absolute Gasteiger partial charge is 0.343 e. The summed E-state index contributed by atoms with van der Waals surface area (Å²) in [6, 6.07) is 15.1. The molecule has 0 fully saturated rings. The molecule has 2 aromatic carbocycles. The summed E-state index contributed by atoms with van der Waals surface area (Å²) in [4.78, 5) is 16.9. The maximum Gasteiger partial charge on any atom is 0.343 e. The van der Waals surface area contributed by atoms with Crippen molar-refractivity contribution >= 4 is 23.2 Å². The Bertz CT molecular complexity index is 1150. The number of carbonyl (C=O) groups excluding carboxylic acids is 1. The molecule has 7 heteroatoms. The van der Waals surface area contributed by atoms with Crippen LogP contribution in [0.15, 0.2) is 60.8 Å². The van der Waals surface area contributed by atoms with Crippen LogP contribution in [0.5, 0.6) is 0 Å². The largest absolute Gasteiger partial charge is 0.462 e. The predicted octanol–water partition coefficient (Wildman–Crippen LogP) is 5.03. The van der Waals surface area contributed by atoms with Crippen LogP contribution in [0.2, 0.25) is 5.02 Å². The first-order chi connectivity index (χ1) is 13.6. The van der Waals surface area contributed by atoms with E-state index in [-0.39, 0.29) is 18.0 Å². The minimum atomic E-state index is -0.497. The van der Waals surface area contributed by atoms with Crippen LogP contribution in [-0.2, 0) is 4.74 Å². The van der Waals surface area contributed by atoms with Crippen LogP contribution in [-0.4, -0.2) is 27.2 Å². The van der Waals surface area contributed by atoms with E-state index in [1.165, 1.54) is 18.3 Å². The molecule has 4 aromatic rings. The molecule has 0 aliphatic rings. The van der Waals surface area contributed by atoms with Crippen LogP contribution in [0.4, 0.5) is 4.39 Å². The van der Waals surface area contributed by atoms with Gasteiger partial charge < -0.3 is 4.74 Å². The molecule has 0 saturated carbocycles. The zero-order valence-corrected chi connectivity index (χ0v) is 15.7. The fraction of sp³-hybridized carbons (Fsp3) is 0.0952. The van der Waals surface area contributed by atoms with Crippen LogP contribution in [0, 0.1) is 5.82 Å². The van der Waals surface area contributed by atoms with Crippen molar-refractivity contribution in [3.8, 4) is 22.5 Å². The van der Waals surface area contributed by atoms with Crippen molar-refractivity contribution in [2.45, 2.75) is 6.92 Å². The summed E-state index contributed by atoms with van der Waals surface area (Å²) in [6.07, 6.45) is 1.44. The average molecular weight is 396 g/mol. The lowest BCUT2D eigenvalue weighted by atomic mass is 10.1. The highest BCUT2D eigenvalue weighted by atomic mass is 35.5. The molecule has 140 valence electrons. The van der Waals surface area contributed by atoms with Crippen molar-refractivity contribution in [3.63, 3.8) is 0 Å². The normalized spacial score (nSPS) is 11.0. The Morgan fingerprint density at radius 2 is 1.79 bits per heavy atom. The number of carbonyl (C=O) groups is 1. The van der Waals surface area contributed by atoms with Crippen LogP contribution < -0.4 is 0 Å². The van der Waals surface area contributed by atoms with Crippen molar-refractivity contribution in [1.82, 2.24) is 14.6 Å². The van der Waals surface area contributed by atoms with Crippen LogP contribution in [0.25, 0.3) is 28.2 Å². The molecular weight excluding hydrogens is 381 g/mol. The molecule has 0 unspecified atom stereocenters. The lowest BCUT2D eigenvalue weighted by Crippen LogP contribution is -2.06. The quantitative estimate of drug-likeness (QED) is 0.454. The second kappa shape index (κ2) is 7.40. The fourth-order valence-electron chi connectivity index (χ4n) is 2.91. The van der Waals surface area contributed by atoms with Gasteiger partial charge in [0, 0.05) is 16.1 Å². The third kappa shape index (κ3) is 3.34. The lowest BCUT2D eigenvalue weighted by molar-refractivity contribution is 0.0528. The molecule has 0 aliphatic carbocycles. The molecule has 0 radical (unpaired) electrons. The summed E-state index contributed by atoms with van der Waals surface area (Å²) in [7, 11) is 0. The molecule has 0 saturated heterocycles. The van der Waals surface area contributed by atoms with E-state index in [1.807, 2.05) is 18.2 Å². The van der Waals surface area contributed by atoms with E-state index >= 15 is 0 Å². The topological polar surface area (TPSA) is 56.5 Å². The van der Waals surface area contributed by atoms with Gasteiger partial charge in [-0.3, -0.25) is 0 Å². The molecule has 4 rings (SSSR count). The highest BCUT2D eigenvalue weighted by Crippen LogP contribution is 2.28. The Morgan fingerprint density at radius 3 is 2.46 bits per heavy atom. The van der Waals surface area contributed by atoms with Crippen molar-refractivity contribution < 1.29 is 13.9 Å². The van der Waals surface area contributed by atoms with Gasteiger partial charge in [0.1, 0.15) is 11.4 Å². The number of benzene rings is 2. The lowest BCUT2D eigenvalue weighted by Gasteiger charge is -2.10. The van der Waals surface area contributed by atoms with Gasteiger partial charge in [-0.15, -0.1) is 0 Å². The Labute approximate surface area is 165 Å². The standard InChI is InChI=1S/C21H15ClFN3O2/c1-2-28-21(27)17-12-24-26-19(14-3-7-15(22)8-4-14)11-18(25-20(17)26)13-5-9-16(23)10-6-13/h3-12H,2H2,1H3. The minimum Gasteiger partial charge on any atom is -0.462 e. The van der Waals surface area contributed by atoms with E-state index < -0.39 is 5.97 Å². The second-order valence-electron chi connectivity index (χ2n) is 6.05. The molecular formula is C21H15ClFN3O2. The van der Waals surface area contributed by atoms with Crippen LogP contribution in [0.1, 0.15) is 17.3 Å². The van der Waals surface area contributed by atoms with Crippen LogP contribution >= 0.6 is 11.6 Å². The summed E-state index contributed by atoms with van der Waals surface area (Å²) in [5.41, 5.74) is 3.50. The number of halogens is 2. The number of fused-ring (bicyclic) bond motifs is 1. The zero-order valence-electron chi connectivity index (χ0n) is 14.9. The summed E-state index contributed by atoms with van der Waals surface area (Å²) in [5.74, 6) is -0.831. The van der Waals surface area contributed by atoms with Gasteiger partial charge in [-0.25, -0.2) is 18.7 Å². The van der Waals surface area contributed by atoms with E-state index in [0.717, 1.165) is 16.8 Å². The molecule has 0 N–H and O–H groups in total. The Balaban J connectivity index is 1.97. The molecule has 0 atom stereocenters. The molecule has 2 heterocycles. The maximum absolute atomic E-state index is 13.3. The van der Waals surface area contributed by atoms with Gasteiger partial charge in [0.15, 0.2) is 5.65 Å². The van der Waals surface area contributed by atoms with Gasteiger partial charge in [-0.1, -0.05) is 23.7 Å². The maximum atomic E-state index is 13.3. The third-order valence-electron chi connectivity index (χ3n) is 4.25. The number of hydrogen-bond acceptors (Lipinski definition) is 4. The van der Waals surface area contributed by atoms with E-state index in [9.17, 15) is 9.18 Å². The van der Waals surface area contributed by atoms with Crippen molar-refractivity contribution in [2.75, 3.05) is 6.61 Å². The van der Waals surface area contributed by atoms with Gasteiger partial charge in [-0.05, 0) is 49.4 Å². The van der Waals surface area contributed by atoms with Gasteiger partial charge in [0.25, 0.3) is 0 Å². The summed E-state index contributed by atoms with van der Waals surface area (Å²) in [6.45, 7) is 1.98. The van der Waals surface area contributed by atoms with Crippen molar-refractivity contribution in [2.24, 2.45) is 0 Å². The molecule has 2 aromatic heterocycles. The summed E-state index contributed by atoms with van der Waals surface area (Å²) >= 11 is 6.01. The van der Waals surface area contributed by atoms with Crippen molar-refractivity contribution in [1.29, 1.82) is 0 Å². The summed E-state index contributed by atoms with van der Waals surface area (Å²) in [5, 5.41) is 4.94. The highest BCUT2D eigenvalue weighted by Gasteiger charge is 2.19. The Kier molecular flexibility index (Phi) is 4.79. The summed E-state index contributed by atoms with van der Waals surface area (Å²) < 4.78 is 20.0. The molecule has 0 bridgehead atoms. The Morgan fingerprint density at radius 1 is 1.11 bits per heavy atom. The molecule has 28 heavy (non-hydrogen) atoms.